The zero-order valence-corrected chi connectivity index (χ0v) is 9.76. The molecule has 0 fully saturated rings. The van der Waals surface area contributed by atoms with Gasteiger partial charge in [0.2, 0.25) is 5.91 Å². The molecule has 0 unspecified atom stereocenters. The maximum atomic E-state index is 11.4. The smallest absolute Gasteiger partial charge is 0.224 e. The minimum Gasteiger partial charge on any atom is -0.330 e. The van der Waals surface area contributed by atoms with E-state index in [2.05, 4.69) is 19.2 Å². The molecule has 84 valence electrons. The second-order valence-electron chi connectivity index (χ2n) is 4.09. The first-order valence-electron chi connectivity index (χ1n) is 5.52. The van der Waals surface area contributed by atoms with Crippen LogP contribution >= 0.6 is 0 Å². The zero-order chi connectivity index (χ0) is 11.4. The molecule has 0 aliphatic heterocycles. The van der Waals surface area contributed by atoms with Crippen LogP contribution in [0, 0.1) is 5.92 Å². The second kappa shape index (κ2) is 5.12. The van der Waals surface area contributed by atoms with E-state index in [0.29, 0.717) is 18.9 Å². The van der Waals surface area contributed by atoms with Gasteiger partial charge in [0, 0.05) is 12.1 Å². The van der Waals surface area contributed by atoms with Crippen LogP contribution in [0.2, 0.25) is 0 Å². The molecule has 3 nitrogen and oxygen atoms in total. The van der Waals surface area contributed by atoms with E-state index in [1.54, 1.807) is 0 Å². The average molecular weight is 208 g/mol. The normalized spacial score (nSPS) is 16.9. The van der Waals surface area contributed by atoms with Crippen LogP contribution in [-0.2, 0) is 4.79 Å². The minimum absolute atomic E-state index is 0.0953. The third kappa shape index (κ3) is 2.69. The molecule has 1 amide bonds. The lowest BCUT2D eigenvalue weighted by Gasteiger charge is -2.26. The lowest BCUT2D eigenvalue weighted by Crippen LogP contribution is -2.29. The van der Waals surface area contributed by atoms with Crippen LogP contribution in [0.15, 0.2) is 22.9 Å². The number of nitrogens with two attached hydrogens (primary N) is 1. The molecule has 0 aromatic carbocycles. The lowest BCUT2D eigenvalue weighted by atomic mass is 9.85. The third-order valence-electron chi connectivity index (χ3n) is 2.67. The SMILES string of the molecule is CCCC(=O)NC1=C([C@@H](C)CN)C(C)=C1. The maximum Gasteiger partial charge on any atom is 0.224 e. The summed E-state index contributed by atoms with van der Waals surface area (Å²) in [5.41, 5.74) is 9.03. The van der Waals surface area contributed by atoms with Gasteiger partial charge in [-0.25, -0.2) is 0 Å². The van der Waals surface area contributed by atoms with E-state index in [9.17, 15) is 4.79 Å². The standard InChI is InChI=1S/C12H20N2O/c1-4-5-11(15)14-10-6-8(2)12(10)9(3)7-13/h6,9H,4-5,7,13H2,1-3H3,(H,14,15)/t9-/m0/s1. The van der Waals surface area contributed by atoms with Gasteiger partial charge in [-0.2, -0.15) is 0 Å². The summed E-state index contributed by atoms with van der Waals surface area (Å²) >= 11 is 0. The first-order valence-corrected chi connectivity index (χ1v) is 5.52. The lowest BCUT2D eigenvalue weighted by molar-refractivity contribution is -0.120. The Bertz CT molecular complexity index is 316. The molecule has 1 rings (SSSR count). The Morgan fingerprint density at radius 1 is 1.60 bits per heavy atom. The third-order valence-corrected chi connectivity index (χ3v) is 2.67. The van der Waals surface area contributed by atoms with E-state index in [-0.39, 0.29) is 5.91 Å². The number of rotatable bonds is 5. The Labute approximate surface area is 91.4 Å². The monoisotopic (exact) mass is 208 g/mol. The van der Waals surface area contributed by atoms with Crippen LogP contribution in [0.4, 0.5) is 0 Å². The average Bonchev–Trinajstić information content (AvgIpc) is 2.17. The minimum atomic E-state index is 0.0953. The van der Waals surface area contributed by atoms with Crippen molar-refractivity contribution in [1.82, 2.24) is 5.32 Å². The van der Waals surface area contributed by atoms with Crippen LogP contribution < -0.4 is 11.1 Å². The van der Waals surface area contributed by atoms with Crippen molar-refractivity contribution in [3.05, 3.63) is 22.9 Å². The summed E-state index contributed by atoms with van der Waals surface area (Å²) in [6.07, 6.45) is 3.47. The molecule has 15 heavy (non-hydrogen) atoms. The Morgan fingerprint density at radius 2 is 2.27 bits per heavy atom. The van der Waals surface area contributed by atoms with Gasteiger partial charge in [-0.1, -0.05) is 13.8 Å². The Hall–Kier alpha value is -1.09. The summed E-state index contributed by atoms with van der Waals surface area (Å²) < 4.78 is 0. The maximum absolute atomic E-state index is 11.4. The molecule has 3 heteroatoms. The molecule has 0 heterocycles. The predicted octanol–water partition coefficient (Wildman–Crippen LogP) is 1.71. The summed E-state index contributed by atoms with van der Waals surface area (Å²) in [5, 5.41) is 2.92. The molecule has 1 atom stereocenters. The van der Waals surface area contributed by atoms with E-state index in [1.807, 2.05) is 13.0 Å². The van der Waals surface area contributed by atoms with Gasteiger partial charge < -0.3 is 11.1 Å². The van der Waals surface area contributed by atoms with Crippen molar-refractivity contribution in [2.45, 2.75) is 33.6 Å². The number of hydrogen-bond acceptors (Lipinski definition) is 2. The fraction of sp³-hybridized carbons (Fsp3) is 0.583. The molecule has 0 radical (unpaired) electrons. The Morgan fingerprint density at radius 3 is 2.73 bits per heavy atom. The van der Waals surface area contributed by atoms with Gasteiger partial charge in [-0.3, -0.25) is 4.79 Å². The van der Waals surface area contributed by atoms with Crippen molar-refractivity contribution in [1.29, 1.82) is 0 Å². The zero-order valence-electron chi connectivity index (χ0n) is 9.76. The molecule has 0 bridgehead atoms. The summed E-state index contributed by atoms with van der Waals surface area (Å²) in [7, 11) is 0. The van der Waals surface area contributed by atoms with Gasteiger partial charge in [-0.05, 0) is 43.0 Å². The van der Waals surface area contributed by atoms with Crippen LogP contribution in [0.5, 0.6) is 0 Å². The molecule has 0 aromatic rings. The highest BCUT2D eigenvalue weighted by molar-refractivity contribution is 5.79. The van der Waals surface area contributed by atoms with E-state index in [1.165, 1.54) is 11.1 Å². The summed E-state index contributed by atoms with van der Waals surface area (Å²) in [4.78, 5) is 11.4. The highest BCUT2D eigenvalue weighted by Crippen LogP contribution is 2.31. The van der Waals surface area contributed by atoms with Gasteiger partial charge >= 0.3 is 0 Å². The Kier molecular flexibility index (Phi) is 4.09. The van der Waals surface area contributed by atoms with Crippen molar-refractivity contribution in [2.24, 2.45) is 11.7 Å². The number of carbonyl (C=O) groups excluding carboxylic acids is 1. The number of amides is 1. The van der Waals surface area contributed by atoms with Gasteiger partial charge in [0.05, 0.1) is 0 Å². The summed E-state index contributed by atoms with van der Waals surface area (Å²) in [6, 6.07) is 0. The van der Waals surface area contributed by atoms with Crippen molar-refractivity contribution in [2.75, 3.05) is 6.54 Å². The van der Waals surface area contributed by atoms with Gasteiger partial charge in [0.25, 0.3) is 0 Å². The molecule has 1 aliphatic carbocycles. The van der Waals surface area contributed by atoms with Gasteiger partial charge in [-0.15, -0.1) is 0 Å². The molecule has 0 aromatic heterocycles. The van der Waals surface area contributed by atoms with Crippen molar-refractivity contribution in [3.63, 3.8) is 0 Å². The molecule has 1 aliphatic rings. The number of allylic oxidation sites excluding steroid dienone is 2. The largest absolute Gasteiger partial charge is 0.330 e. The van der Waals surface area contributed by atoms with Crippen LogP contribution in [0.25, 0.3) is 0 Å². The Balaban J connectivity index is 2.61. The second-order valence-corrected chi connectivity index (χ2v) is 4.09. The van der Waals surface area contributed by atoms with E-state index < -0.39 is 0 Å². The van der Waals surface area contributed by atoms with E-state index in [0.717, 1.165) is 12.1 Å². The number of carbonyl (C=O) groups is 1. The van der Waals surface area contributed by atoms with Crippen LogP contribution in [0.3, 0.4) is 0 Å². The topological polar surface area (TPSA) is 55.1 Å². The van der Waals surface area contributed by atoms with Crippen molar-refractivity contribution in [3.8, 4) is 0 Å². The highest BCUT2D eigenvalue weighted by atomic mass is 16.1. The van der Waals surface area contributed by atoms with Crippen LogP contribution in [-0.4, -0.2) is 12.5 Å². The number of hydrogen-bond donors (Lipinski definition) is 2. The molecule has 0 spiro atoms. The van der Waals surface area contributed by atoms with Gasteiger partial charge in [0.15, 0.2) is 0 Å². The summed E-state index contributed by atoms with van der Waals surface area (Å²) in [5.74, 6) is 0.421. The molecule has 3 N–H and O–H groups in total. The van der Waals surface area contributed by atoms with Crippen LogP contribution in [0.1, 0.15) is 33.6 Å². The molecule has 0 saturated carbocycles. The summed E-state index contributed by atoms with van der Waals surface area (Å²) in [6.45, 7) is 6.75. The quantitative estimate of drug-likeness (QED) is 0.722. The van der Waals surface area contributed by atoms with Crippen molar-refractivity contribution >= 4 is 5.91 Å². The predicted molar refractivity (Wildman–Crippen MR) is 62.1 cm³/mol. The first kappa shape index (κ1) is 12.0. The van der Waals surface area contributed by atoms with E-state index >= 15 is 0 Å². The van der Waals surface area contributed by atoms with E-state index in [4.69, 9.17) is 5.73 Å². The van der Waals surface area contributed by atoms with Gasteiger partial charge in [0.1, 0.15) is 0 Å². The first-order chi connectivity index (χ1) is 7.10. The molecular formula is C12H20N2O. The molecule has 0 saturated heterocycles. The van der Waals surface area contributed by atoms with Crippen molar-refractivity contribution < 1.29 is 4.79 Å². The number of nitrogens with one attached hydrogen (secondary N) is 1. The highest BCUT2D eigenvalue weighted by Gasteiger charge is 2.22. The molecular weight excluding hydrogens is 188 g/mol. The fourth-order valence-electron chi connectivity index (χ4n) is 1.82. The fourth-order valence-corrected chi connectivity index (χ4v) is 1.82.